The fourth-order valence-corrected chi connectivity index (χ4v) is 2.83. The SMILES string of the molecule is CCC(CC)(CNC(=O)Cc1cccc(O)c1)SC. The molecule has 3 nitrogen and oxygen atoms in total. The van der Waals surface area contributed by atoms with Gasteiger partial charge in [-0.2, -0.15) is 11.8 Å². The maximum absolute atomic E-state index is 11.9. The topological polar surface area (TPSA) is 49.3 Å². The largest absolute Gasteiger partial charge is 0.508 e. The van der Waals surface area contributed by atoms with Gasteiger partial charge in [0.1, 0.15) is 5.75 Å². The summed E-state index contributed by atoms with van der Waals surface area (Å²) in [6.07, 6.45) is 4.48. The van der Waals surface area contributed by atoms with Crippen LogP contribution in [0.5, 0.6) is 5.75 Å². The quantitative estimate of drug-likeness (QED) is 0.808. The lowest BCUT2D eigenvalue weighted by atomic mass is 10.0. The van der Waals surface area contributed by atoms with Crippen molar-refractivity contribution >= 4 is 17.7 Å². The molecule has 1 aromatic carbocycles. The Labute approximate surface area is 119 Å². The van der Waals surface area contributed by atoms with Crippen LogP contribution in [0, 0.1) is 0 Å². The van der Waals surface area contributed by atoms with E-state index in [9.17, 15) is 9.90 Å². The molecule has 0 aliphatic heterocycles. The molecule has 0 atom stereocenters. The molecule has 106 valence electrons. The third-order valence-corrected chi connectivity index (χ3v) is 5.19. The number of rotatable bonds is 7. The lowest BCUT2D eigenvalue weighted by Crippen LogP contribution is -2.40. The van der Waals surface area contributed by atoms with Crippen LogP contribution in [-0.4, -0.2) is 28.6 Å². The fraction of sp³-hybridized carbons (Fsp3) is 0.533. The highest BCUT2D eigenvalue weighted by molar-refractivity contribution is 8.00. The number of phenols is 1. The average molecular weight is 281 g/mol. The van der Waals surface area contributed by atoms with E-state index in [-0.39, 0.29) is 16.4 Å². The number of benzene rings is 1. The zero-order valence-electron chi connectivity index (χ0n) is 11.9. The molecular formula is C15H23NO2S. The molecule has 0 saturated carbocycles. The summed E-state index contributed by atoms with van der Waals surface area (Å²) in [6, 6.07) is 6.83. The second kappa shape index (κ2) is 7.43. The molecule has 0 aliphatic carbocycles. The summed E-state index contributed by atoms with van der Waals surface area (Å²) in [5.74, 6) is 0.205. The van der Waals surface area contributed by atoms with E-state index in [0.29, 0.717) is 13.0 Å². The molecule has 1 rings (SSSR count). The molecule has 1 aromatic rings. The van der Waals surface area contributed by atoms with Gasteiger partial charge < -0.3 is 10.4 Å². The molecule has 2 N–H and O–H groups in total. The Morgan fingerprint density at radius 3 is 2.58 bits per heavy atom. The molecule has 0 unspecified atom stereocenters. The molecule has 0 aliphatic rings. The maximum atomic E-state index is 11.9. The molecular weight excluding hydrogens is 258 g/mol. The Morgan fingerprint density at radius 1 is 1.37 bits per heavy atom. The van der Waals surface area contributed by atoms with Crippen molar-refractivity contribution in [1.82, 2.24) is 5.32 Å². The van der Waals surface area contributed by atoms with Crippen molar-refractivity contribution in [2.75, 3.05) is 12.8 Å². The van der Waals surface area contributed by atoms with Gasteiger partial charge in [-0.15, -0.1) is 0 Å². The van der Waals surface area contributed by atoms with Crippen LogP contribution in [0.2, 0.25) is 0 Å². The summed E-state index contributed by atoms with van der Waals surface area (Å²) < 4.78 is 0.133. The molecule has 0 aromatic heterocycles. The van der Waals surface area contributed by atoms with Crippen LogP contribution in [-0.2, 0) is 11.2 Å². The summed E-state index contributed by atoms with van der Waals surface area (Å²) >= 11 is 1.81. The first-order valence-corrected chi connectivity index (χ1v) is 7.87. The lowest BCUT2D eigenvalue weighted by Gasteiger charge is -2.29. The van der Waals surface area contributed by atoms with Crippen molar-refractivity contribution in [2.45, 2.75) is 37.9 Å². The first-order valence-electron chi connectivity index (χ1n) is 6.65. The second-order valence-electron chi connectivity index (χ2n) is 4.72. The number of carbonyl (C=O) groups excluding carboxylic acids is 1. The van der Waals surface area contributed by atoms with Crippen molar-refractivity contribution < 1.29 is 9.90 Å². The normalized spacial score (nSPS) is 11.3. The third-order valence-electron chi connectivity index (χ3n) is 3.60. The number of amides is 1. The second-order valence-corrected chi connectivity index (χ2v) is 5.99. The van der Waals surface area contributed by atoms with Gasteiger partial charge in [-0.3, -0.25) is 4.79 Å². The predicted molar refractivity (Wildman–Crippen MR) is 81.6 cm³/mol. The number of nitrogens with one attached hydrogen (secondary N) is 1. The third kappa shape index (κ3) is 4.78. The van der Waals surface area contributed by atoms with Gasteiger partial charge >= 0.3 is 0 Å². The number of aromatic hydroxyl groups is 1. The van der Waals surface area contributed by atoms with Gasteiger partial charge in [0.25, 0.3) is 0 Å². The van der Waals surface area contributed by atoms with Gasteiger partial charge in [-0.05, 0) is 36.8 Å². The summed E-state index contributed by atoms with van der Waals surface area (Å²) in [7, 11) is 0. The minimum Gasteiger partial charge on any atom is -0.508 e. The lowest BCUT2D eigenvalue weighted by molar-refractivity contribution is -0.120. The Balaban J connectivity index is 2.52. The molecule has 0 heterocycles. The number of hydrogen-bond acceptors (Lipinski definition) is 3. The highest BCUT2D eigenvalue weighted by atomic mass is 32.2. The van der Waals surface area contributed by atoms with Crippen LogP contribution < -0.4 is 5.32 Å². The average Bonchev–Trinajstić information content (AvgIpc) is 2.41. The van der Waals surface area contributed by atoms with E-state index in [1.807, 2.05) is 17.8 Å². The highest BCUT2D eigenvalue weighted by Gasteiger charge is 2.25. The Hall–Kier alpha value is -1.16. The van der Waals surface area contributed by atoms with Crippen molar-refractivity contribution in [3.05, 3.63) is 29.8 Å². The number of carbonyl (C=O) groups is 1. The van der Waals surface area contributed by atoms with Crippen molar-refractivity contribution in [1.29, 1.82) is 0 Å². The van der Waals surface area contributed by atoms with Gasteiger partial charge in [-0.1, -0.05) is 26.0 Å². The van der Waals surface area contributed by atoms with E-state index in [1.165, 1.54) is 0 Å². The minimum atomic E-state index is 0.00549. The molecule has 0 fully saturated rings. The Bertz CT molecular complexity index is 408. The standard InChI is InChI=1S/C15H23NO2S/c1-4-15(5-2,19-3)11-16-14(18)10-12-7-6-8-13(17)9-12/h6-9,17H,4-5,10-11H2,1-3H3,(H,16,18). The Morgan fingerprint density at radius 2 is 2.05 bits per heavy atom. The zero-order valence-corrected chi connectivity index (χ0v) is 12.7. The summed E-state index contributed by atoms with van der Waals surface area (Å²) in [4.78, 5) is 11.9. The molecule has 0 spiro atoms. The molecule has 4 heteroatoms. The van der Waals surface area contributed by atoms with Gasteiger partial charge in [0, 0.05) is 11.3 Å². The van der Waals surface area contributed by atoms with E-state index in [2.05, 4.69) is 25.4 Å². The van der Waals surface area contributed by atoms with Crippen LogP contribution >= 0.6 is 11.8 Å². The van der Waals surface area contributed by atoms with Crippen LogP contribution in [0.4, 0.5) is 0 Å². The fourth-order valence-electron chi connectivity index (χ4n) is 2.03. The summed E-state index contributed by atoms with van der Waals surface area (Å²) in [5.41, 5.74) is 0.834. The molecule has 1 amide bonds. The molecule has 0 saturated heterocycles. The van der Waals surface area contributed by atoms with E-state index < -0.39 is 0 Å². The first-order chi connectivity index (χ1) is 9.05. The summed E-state index contributed by atoms with van der Waals surface area (Å²) in [6.45, 7) is 5.00. The Kier molecular flexibility index (Phi) is 6.22. The van der Waals surface area contributed by atoms with Crippen LogP contribution in [0.25, 0.3) is 0 Å². The van der Waals surface area contributed by atoms with Crippen LogP contribution in [0.15, 0.2) is 24.3 Å². The maximum Gasteiger partial charge on any atom is 0.224 e. The van der Waals surface area contributed by atoms with Gasteiger partial charge in [0.2, 0.25) is 5.91 Å². The van der Waals surface area contributed by atoms with Gasteiger partial charge in [0.05, 0.1) is 6.42 Å². The molecule has 0 radical (unpaired) electrons. The van der Waals surface area contributed by atoms with Crippen LogP contribution in [0.1, 0.15) is 32.3 Å². The smallest absolute Gasteiger partial charge is 0.224 e. The van der Waals surface area contributed by atoms with E-state index >= 15 is 0 Å². The molecule has 19 heavy (non-hydrogen) atoms. The summed E-state index contributed by atoms with van der Waals surface area (Å²) in [5, 5.41) is 12.4. The predicted octanol–water partition coefficient (Wildman–Crippen LogP) is 2.97. The zero-order chi connectivity index (χ0) is 14.3. The van der Waals surface area contributed by atoms with Crippen molar-refractivity contribution in [3.8, 4) is 5.75 Å². The molecule has 0 bridgehead atoms. The van der Waals surface area contributed by atoms with Crippen molar-refractivity contribution in [3.63, 3.8) is 0 Å². The minimum absolute atomic E-state index is 0.00549. The number of thioether (sulfide) groups is 1. The number of hydrogen-bond donors (Lipinski definition) is 2. The highest BCUT2D eigenvalue weighted by Crippen LogP contribution is 2.29. The van der Waals surface area contributed by atoms with Gasteiger partial charge in [-0.25, -0.2) is 0 Å². The van der Waals surface area contributed by atoms with E-state index in [0.717, 1.165) is 18.4 Å². The van der Waals surface area contributed by atoms with E-state index in [1.54, 1.807) is 18.2 Å². The number of phenolic OH excluding ortho intramolecular Hbond substituents is 1. The van der Waals surface area contributed by atoms with Gasteiger partial charge in [0.15, 0.2) is 0 Å². The van der Waals surface area contributed by atoms with Crippen molar-refractivity contribution in [2.24, 2.45) is 0 Å². The monoisotopic (exact) mass is 281 g/mol. The first kappa shape index (κ1) is 15.9. The van der Waals surface area contributed by atoms with E-state index in [4.69, 9.17) is 0 Å². The van der Waals surface area contributed by atoms with Crippen LogP contribution in [0.3, 0.4) is 0 Å².